The highest BCUT2D eigenvalue weighted by molar-refractivity contribution is 5.45. The van der Waals surface area contributed by atoms with Gasteiger partial charge in [-0.05, 0) is 30.7 Å². The van der Waals surface area contributed by atoms with E-state index in [2.05, 4.69) is 11.4 Å². The van der Waals surface area contributed by atoms with Crippen LogP contribution >= 0.6 is 0 Å². The topological polar surface area (TPSA) is 54.3 Å². The highest BCUT2D eigenvalue weighted by Gasteiger charge is 2.02. The molecule has 0 atom stereocenters. The first-order chi connectivity index (χ1) is 8.31. The smallest absolute Gasteiger partial charge is 0.136 e. The van der Waals surface area contributed by atoms with Crippen molar-refractivity contribution in [3.8, 4) is 11.8 Å². The second-order valence-electron chi connectivity index (χ2n) is 3.67. The number of benzene rings is 1. The zero-order valence-corrected chi connectivity index (χ0v) is 10.3. The van der Waals surface area contributed by atoms with Gasteiger partial charge in [0.15, 0.2) is 0 Å². The number of ether oxygens (including phenoxy) is 2. The molecule has 1 rings (SSSR count). The SMILES string of the molecule is COCCCNCc1ccc(OC)c(C#N)c1. The van der Waals surface area contributed by atoms with Gasteiger partial charge >= 0.3 is 0 Å². The molecule has 1 aromatic carbocycles. The quantitative estimate of drug-likeness (QED) is 0.729. The summed E-state index contributed by atoms with van der Waals surface area (Å²) in [5.41, 5.74) is 1.66. The van der Waals surface area contributed by atoms with Crippen LogP contribution in [0.1, 0.15) is 17.5 Å². The Morgan fingerprint density at radius 1 is 1.35 bits per heavy atom. The average Bonchev–Trinajstić information content (AvgIpc) is 2.38. The second-order valence-corrected chi connectivity index (χ2v) is 3.67. The predicted octanol–water partition coefficient (Wildman–Crippen LogP) is 1.69. The lowest BCUT2D eigenvalue weighted by molar-refractivity contribution is 0.194. The summed E-state index contributed by atoms with van der Waals surface area (Å²) >= 11 is 0. The monoisotopic (exact) mass is 234 g/mol. The van der Waals surface area contributed by atoms with Crippen molar-refractivity contribution in [2.45, 2.75) is 13.0 Å². The molecule has 0 aliphatic rings. The number of hydrogen-bond donors (Lipinski definition) is 1. The van der Waals surface area contributed by atoms with Gasteiger partial charge in [0.05, 0.1) is 12.7 Å². The maximum Gasteiger partial charge on any atom is 0.136 e. The van der Waals surface area contributed by atoms with Gasteiger partial charge in [0.25, 0.3) is 0 Å². The van der Waals surface area contributed by atoms with Crippen LogP contribution in [0.25, 0.3) is 0 Å². The van der Waals surface area contributed by atoms with E-state index in [4.69, 9.17) is 14.7 Å². The molecule has 1 N–H and O–H groups in total. The molecule has 0 aliphatic heterocycles. The van der Waals surface area contributed by atoms with Crippen molar-refractivity contribution in [1.82, 2.24) is 5.32 Å². The van der Waals surface area contributed by atoms with Gasteiger partial charge in [0.1, 0.15) is 11.8 Å². The predicted molar refractivity (Wildman–Crippen MR) is 65.9 cm³/mol. The molecule has 0 radical (unpaired) electrons. The van der Waals surface area contributed by atoms with E-state index >= 15 is 0 Å². The lowest BCUT2D eigenvalue weighted by Gasteiger charge is -2.07. The Balaban J connectivity index is 2.47. The number of nitriles is 1. The third kappa shape index (κ3) is 4.43. The van der Waals surface area contributed by atoms with Gasteiger partial charge in [-0.25, -0.2) is 0 Å². The number of rotatable bonds is 7. The molecule has 0 bridgehead atoms. The summed E-state index contributed by atoms with van der Waals surface area (Å²) in [4.78, 5) is 0. The lowest BCUT2D eigenvalue weighted by atomic mass is 10.1. The third-order valence-electron chi connectivity index (χ3n) is 2.42. The van der Waals surface area contributed by atoms with Crippen molar-refractivity contribution < 1.29 is 9.47 Å². The number of nitrogens with one attached hydrogen (secondary N) is 1. The van der Waals surface area contributed by atoms with E-state index in [1.807, 2.05) is 18.2 Å². The van der Waals surface area contributed by atoms with Crippen molar-refractivity contribution in [2.24, 2.45) is 0 Å². The van der Waals surface area contributed by atoms with Gasteiger partial charge in [0.2, 0.25) is 0 Å². The van der Waals surface area contributed by atoms with E-state index < -0.39 is 0 Å². The Kier molecular flexibility index (Phi) is 6.08. The lowest BCUT2D eigenvalue weighted by Crippen LogP contribution is -2.16. The summed E-state index contributed by atoms with van der Waals surface area (Å²) in [5, 5.41) is 12.2. The standard InChI is InChI=1S/C13H18N2O2/c1-16-7-3-6-15-10-11-4-5-13(17-2)12(8-11)9-14/h4-5,8,15H,3,6-7,10H2,1-2H3. The summed E-state index contributed by atoms with van der Waals surface area (Å²) in [7, 11) is 3.27. The molecule has 92 valence electrons. The van der Waals surface area contributed by atoms with Crippen molar-refractivity contribution in [3.05, 3.63) is 29.3 Å². The van der Waals surface area contributed by atoms with Gasteiger partial charge in [0, 0.05) is 20.3 Å². The molecule has 0 aromatic heterocycles. The molecule has 0 aliphatic carbocycles. The van der Waals surface area contributed by atoms with E-state index in [0.29, 0.717) is 11.3 Å². The second kappa shape index (κ2) is 7.66. The molecule has 0 amide bonds. The van der Waals surface area contributed by atoms with E-state index in [1.54, 1.807) is 14.2 Å². The molecule has 0 unspecified atom stereocenters. The Labute approximate surface area is 102 Å². The Hall–Kier alpha value is -1.57. The summed E-state index contributed by atoms with van der Waals surface area (Å²) in [5.74, 6) is 0.621. The molecule has 0 saturated heterocycles. The molecule has 0 heterocycles. The van der Waals surface area contributed by atoms with Gasteiger partial charge in [-0.1, -0.05) is 6.07 Å². The largest absolute Gasteiger partial charge is 0.495 e. The maximum absolute atomic E-state index is 8.95. The molecule has 17 heavy (non-hydrogen) atoms. The van der Waals surface area contributed by atoms with Crippen LogP contribution in [0.2, 0.25) is 0 Å². The molecule has 4 nitrogen and oxygen atoms in total. The third-order valence-corrected chi connectivity index (χ3v) is 2.42. The first-order valence-electron chi connectivity index (χ1n) is 5.58. The van der Waals surface area contributed by atoms with Gasteiger partial charge in [-0.3, -0.25) is 0 Å². The first-order valence-corrected chi connectivity index (χ1v) is 5.58. The van der Waals surface area contributed by atoms with Crippen LogP contribution in [-0.4, -0.2) is 27.4 Å². The highest BCUT2D eigenvalue weighted by Crippen LogP contribution is 2.18. The zero-order valence-electron chi connectivity index (χ0n) is 10.3. The normalized spacial score (nSPS) is 9.94. The minimum Gasteiger partial charge on any atom is -0.495 e. The number of methoxy groups -OCH3 is 2. The van der Waals surface area contributed by atoms with Gasteiger partial charge in [-0.15, -0.1) is 0 Å². The van der Waals surface area contributed by atoms with Crippen molar-refractivity contribution in [1.29, 1.82) is 5.26 Å². The van der Waals surface area contributed by atoms with Crippen molar-refractivity contribution in [2.75, 3.05) is 27.4 Å². The summed E-state index contributed by atoms with van der Waals surface area (Å²) in [6.45, 7) is 2.42. The Morgan fingerprint density at radius 3 is 2.82 bits per heavy atom. The average molecular weight is 234 g/mol. The van der Waals surface area contributed by atoms with Crippen LogP contribution in [0, 0.1) is 11.3 Å². The van der Waals surface area contributed by atoms with Crippen LogP contribution < -0.4 is 10.1 Å². The fourth-order valence-corrected chi connectivity index (χ4v) is 1.53. The van der Waals surface area contributed by atoms with Crippen molar-refractivity contribution in [3.63, 3.8) is 0 Å². The zero-order chi connectivity index (χ0) is 12.5. The molecule has 4 heteroatoms. The van der Waals surface area contributed by atoms with E-state index in [1.165, 1.54) is 0 Å². The fraction of sp³-hybridized carbons (Fsp3) is 0.462. The Bertz CT molecular complexity index is 385. The van der Waals surface area contributed by atoms with Crippen LogP contribution in [-0.2, 0) is 11.3 Å². The van der Waals surface area contributed by atoms with E-state index in [9.17, 15) is 0 Å². The first kappa shape index (κ1) is 13.5. The fourth-order valence-electron chi connectivity index (χ4n) is 1.53. The number of hydrogen-bond acceptors (Lipinski definition) is 4. The maximum atomic E-state index is 8.95. The molecule has 0 fully saturated rings. The van der Waals surface area contributed by atoms with Gasteiger partial charge in [-0.2, -0.15) is 5.26 Å². The molecular weight excluding hydrogens is 216 g/mol. The molecule has 0 saturated carbocycles. The van der Waals surface area contributed by atoms with E-state index in [0.717, 1.165) is 31.7 Å². The van der Waals surface area contributed by atoms with E-state index in [-0.39, 0.29) is 0 Å². The Morgan fingerprint density at radius 2 is 2.18 bits per heavy atom. The number of nitrogens with zero attached hydrogens (tertiary/aromatic N) is 1. The van der Waals surface area contributed by atoms with Gasteiger partial charge < -0.3 is 14.8 Å². The molecule has 0 spiro atoms. The van der Waals surface area contributed by atoms with Crippen LogP contribution in [0.3, 0.4) is 0 Å². The van der Waals surface area contributed by atoms with Crippen LogP contribution in [0.15, 0.2) is 18.2 Å². The summed E-state index contributed by atoms with van der Waals surface area (Å²) in [6, 6.07) is 7.76. The van der Waals surface area contributed by atoms with Crippen LogP contribution in [0.5, 0.6) is 5.75 Å². The molecular formula is C13H18N2O2. The van der Waals surface area contributed by atoms with Crippen LogP contribution in [0.4, 0.5) is 0 Å². The minimum absolute atomic E-state index is 0.573. The summed E-state index contributed by atoms with van der Waals surface area (Å²) < 4.78 is 10.1. The highest BCUT2D eigenvalue weighted by atomic mass is 16.5. The molecule has 1 aromatic rings. The summed E-state index contributed by atoms with van der Waals surface area (Å²) in [6.07, 6.45) is 0.984. The van der Waals surface area contributed by atoms with Crippen molar-refractivity contribution >= 4 is 0 Å². The minimum atomic E-state index is 0.573.